The Bertz CT molecular complexity index is 328. The Balaban J connectivity index is 1.99. The minimum absolute atomic E-state index is 0.524. The van der Waals surface area contributed by atoms with Gasteiger partial charge in [-0.2, -0.15) is 0 Å². The van der Waals surface area contributed by atoms with Crippen molar-refractivity contribution in [2.45, 2.75) is 12.0 Å². The van der Waals surface area contributed by atoms with Gasteiger partial charge in [0, 0.05) is 19.5 Å². The molecule has 0 aliphatic carbocycles. The molecule has 1 aliphatic rings. The smallest absolute Gasteiger partial charge is 0.118 e. The first kappa shape index (κ1) is 10.5. The second-order valence-corrected chi connectivity index (χ2v) is 4.42. The summed E-state index contributed by atoms with van der Waals surface area (Å²) in [5.74, 6) is 0.858. The molecule has 0 atom stereocenters. The molecule has 1 aromatic carbocycles. The van der Waals surface area contributed by atoms with Crippen LogP contribution in [0.25, 0.3) is 0 Å². The molecule has 1 aliphatic heterocycles. The van der Waals surface area contributed by atoms with Gasteiger partial charge in [-0.1, -0.05) is 12.1 Å². The highest BCUT2D eigenvalue weighted by molar-refractivity contribution is 5.28. The topological polar surface area (TPSA) is 32.7 Å². The molecule has 15 heavy (non-hydrogen) atoms. The van der Waals surface area contributed by atoms with Crippen LogP contribution in [-0.4, -0.2) is 42.9 Å². The van der Waals surface area contributed by atoms with Crippen LogP contribution in [0, 0.1) is 0 Å². The van der Waals surface area contributed by atoms with Crippen molar-refractivity contribution in [2.75, 3.05) is 27.2 Å². The molecule has 3 heteroatoms. The number of hydrogen-bond donors (Lipinski definition) is 1. The Morgan fingerprint density at radius 2 is 1.93 bits per heavy atom. The highest BCUT2D eigenvalue weighted by atomic mass is 16.5. The van der Waals surface area contributed by atoms with E-state index in [2.05, 4.69) is 4.90 Å². The molecule has 0 radical (unpaired) electrons. The predicted molar refractivity (Wildman–Crippen MR) is 59.1 cm³/mol. The minimum Gasteiger partial charge on any atom is -0.497 e. The second kappa shape index (κ2) is 3.83. The number of aliphatic hydroxyl groups is 1. The number of hydrogen-bond acceptors (Lipinski definition) is 3. The monoisotopic (exact) mass is 207 g/mol. The van der Waals surface area contributed by atoms with E-state index >= 15 is 0 Å². The van der Waals surface area contributed by atoms with Gasteiger partial charge in [-0.3, -0.25) is 0 Å². The van der Waals surface area contributed by atoms with E-state index in [-0.39, 0.29) is 0 Å². The third-order valence-corrected chi connectivity index (χ3v) is 2.82. The molecule has 3 nitrogen and oxygen atoms in total. The molecule has 0 aromatic heterocycles. The zero-order valence-corrected chi connectivity index (χ0v) is 9.23. The average molecular weight is 207 g/mol. The van der Waals surface area contributed by atoms with Crippen molar-refractivity contribution in [2.24, 2.45) is 0 Å². The summed E-state index contributed by atoms with van der Waals surface area (Å²) in [5, 5.41) is 10.1. The zero-order valence-electron chi connectivity index (χ0n) is 9.23. The molecule has 0 saturated carbocycles. The van der Waals surface area contributed by atoms with Gasteiger partial charge in [0.2, 0.25) is 0 Å². The molecule has 0 spiro atoms. The van der Waals surface area contributed by atoms with E-state index in [1.807, 2.05) is 31.3 Å². The van der Waals surface area contributed by atoms with Crippen molar-refractivity contribution in [3.8, 4) is 5.75 Å². The average Bonchev–Trinajstić information content (AvgIpc) is 2.17. The van der Waals surface area contributed by atoms with Crippen molar-refractivity contribution in [3.05, 3.63) is 29.8 Å². The molecule has 0 unspecified atom stereocenters. The van der Waals surface area contributed by atoms with Gasteiger partial charge in [-0.05, 0) is 24.7 Å². The van der Waals surface area contributed by atoms with E-state index < -0.39 is 5.60 Å². The van der Waals surface area contributed by atoms with Crippen molar-refractivity contribution in [1.29, 1.82) is 0 Å². The van der Waals surface area contributed by atoms with Gasteiger partial charge in [0.25, 0.3) is 0 Å². The van der Waals surface area contributed by atoms with Crippen molar-refractivity contribution in [3.63, 3.8) is 0 Å². The van der Waals surface area contributed by atoms with Gasteiger partial charge in [0.05, 0.1) is 12.7 Å². The van der Waals surface area contributed by atoms with Crippen LogP contribution in [0.3, 0.4) is 0 Å². The highest BCUT2D eigenvalue weighted by Crippen LogP contribution is 2.24. The van der Waals surface area contributed by atoms with Gasteiger partial charge >= 0.3 is 0 Å². The summed E-state index contributed by atoms with van der Waals surface area (Å²) >= 11 is 0. The standard InChI is InChI=1S/C12H17NO2/c1-13-8-12(14,9-13)7-10-3-5-11(15-2)6-4-10/h3-6,14H,7-9H2,1-2H3. The first-order chi connectivity index (χ1) is 7.11. The lowest BCUT2D eigenvalue weighted by Gasteiger charge is -2.44. The SMILES string of the molecule is COc1ccc(CC2(O)CN(C)C2)cc1. The number of nitrogens with zero attached hydrogens (tertiary/aromatic N) is 1. The van der Waals surface area contributed by atoms with Gasteiger partial charge in [0.15, 0.2) is 0 Å². The first-order valence-electron chi connectivity index (χ1n) is 5.15. The molecular weight excluding hydrogens is 190 g/mol. The second-order valence-electron chi connectivity index (χ2n) is 4.42. The van der Waals surface area contributed by atoms with Crippen molar-refractivity contribution >= 4 is 0 Å². The van der Waals surface area contributed by atoms with Crippen molar-refractivity contribution < 1.29 is 9.84 Å². The summed E-state index contributed by atoms with van der Waals surface area (Å²) in [6.07, 6.45) is 0.724. The summed E-state index contributed by atoms with van der Waals surface area (Å²) in [7, 11) is 3.67. The summed E-state index contributed by atoms with van der Waals surface area (Å²) in [6, 6.07) is 7.88. The van der Waals surface area contributed by atoms with E-state index in [0.29, 0.717) is 0 Å². The van der Waals surface area contributed by atoms with Crippen LogP contribution in [0.5, 0.6) is 5.75 Å². The molecule has 82 valence electrons. The predicted octanol–water partition coefficient (Wildman–Crippen LogP) is 0.914. The van der Waals surface area contributed by atoms with E-state index in [4.69, 9.17) is 4.74 Å². The Kier molecular flexibility index (Phi) is 2.67. The molecular formula is C12H17NO2. The molecule has 1 N–H and O–H groups in total. The largest absolute Gasteiger partial charge is 0.497 e. The molecule has 1 heterocycles. The number of likely N-dealkylation sites (N-methyl/N-ethyl adjacent to an activating group) is 1. The molecule has 1 saturated heterocycles. The maximum absolute atomic E-state index is 10.1. The Labute approximate surface area is 90.3 Å². The first-order valence-corrected chi connectivity index (χ1v) is 5.15. The third kappa shape index (κ3) is 2.30. The van der Waals surface area contributed by atoms with Crippen LogP contribution < -0.4 is 4.74 Å². The molecule has 0 amide bonds. The van der Waals surface area contributed by atoms with Crippen LogP contribution in [0.1, 0.15) is 5.56 Å². The number of rotatable bonds is 3. The van der Waals surface area contributed by atoms with E-state index in [1.165, 1.54) is 0 Å². The number of methoxy groups -OCH3 is 1. The molecule has 1 fully saturated rings. The van der Waals surface area contributed by atoms with Crippen molar-refractivity contribution in [1.82, 2.24) is 4.90 Å². The lowest BCUT2D eigenvalue weighted by Crippen LogP contribution is -2.61. The number of benzene rings is 1. The number of β-amino-alcohol motifs (C(OH)–C–C–N with tert-alkyl or cyclic N) is 1. The normalized spacial score (nSPS) is 19.7. The number of ether oxygens (including phenoxy) is 1. The fourth-order valence-corrected chi connectivity index (χ4v) is 2.19. The van der Waals surface area contributed by atoms with Gasteiger partial charge in [0.1, 0.15) is 5.75 Å². The maximum atomic E-state index is 10.1. The van der Waals surface area contributed by atoms with E-state index in [9.17, 15) is 5.11 Å². The maximum Gasteiger partial charge on any atom is 0.118 e. The van der Waals surface area contributed by atoms with E-state index in [0.717, 1.165) is 30.8 Å². The summed E-state index contributed by atoms with van der Waals surface area (Å²) < 4.78 is 5.09. The minimum atomic E-state index is -0.524. The molecule has 1 aromatic rings. The zero-order chi connectivity index (χ0) is 10.9. The fourth-order valence-electron chi connectivity index (χ4n) is 2.19. The van der Waals surface area contributed by atoms with Gasteiger partial charge in [-0.15, -0.1) is 0 Å². The Hall–Kier alpha value is -1.06. The van der Waals surface area contributed by atoms with Crippen LogP contribution in [0.2, 0.25) is 0 Å². The quantitative estimate of drug-likeness (QED) is 0.800. The Morgan fingerprint density at radius 1 is 1.33 bits per heavy atom. The van der Waals surface area contributed by atoms with Crippen LogP contribution in [0.15, 0.2) is 24.3 Å². The molecule has 2 rings (SSSR count). The Morgan fingerprint density at radius 3 is 2.40 bits per heavy atom. The van der Waals surface area contributed by atoms with Gasteiger partial charge < -0.3 is 14.7 Å². The molecule has 0 bridgehead atoms. The van der Waals surface area contributed by atoms with Crippen LogP contribution in [-0.2, 0) is 6.42 Å². The van der Waals surface area contributed by atoms with Gasteiger partial charge in [-0.25, -0.2) is 0 Å². The van der Waals surface area contributed by atoms with Crippen LogP contribution in [0.4, 0.5) is 0 Å². The lowest BCUT2D eigenvalue weighted by atomic mass is 9.88. The van der Waals surface area contributed by atoms with Crippen LogP contribution >= 0.6 is 0 Å². The third-order valence-electron chi connectivity index (χ3n) is 2.82. The fraction of sp³-hybridized carbons (Fsp3) is 0.500. The summed E-state index contributed by atoms with van der Waals surface area (Å²) in [5.41, 5.74) is 0.634. The summed E-state index contributed by atoms with van der Waals surface area (Å²) in [6.45, 7) is 1.53. The number of likely N-dealkylation sites (tertiary alicyclic amines) is 1. The lowest BCUT2D eigenvalue weighted by molar-refractivity contribution is -0.0847. The highest BCUT2D eigenvalue weighted by Gasteiger charge is 2.38. The summed E-state index contributed by atoms with van der Waals surface area (Å²) in [4.78, 5) is 2.11. The van der Waals surface area contributed by atoms with E-state index in [1.54, 1.807) is 7.11 Å².